The largest absolute Gasteiger partial charge is 0.366 e. The van der Waals surface area contributed by atoms with Crippen LogP contribution in [-0.4, -0.2) is 41.0 Å². The highest BCUT2D eigenvalue weighted by Gasteiger charge is 2.25. The summed E-state index contributed by atoms with van der Waals surface area (Å²) in [6.45, 7) is 4.47. The fourth-order valence-electron chi connectivity index (χ4n) is 2.19. The third-order valence-electron chi connectivity index (χ3n) is 3.18. The second-order valence-corrected chi connectivity index (χ2v) is 5.76. The van der Waals surface area contributed by atoms with Gasteiger partial charge in [0.1, 0.15) is 17.3 Å². The Bertz CT molecular complexity index is 401. The number of hydrogen-bond donors (Lipinski definition) is 1. The zero-order chi connectivity index (χ0) is 12.4. The van der Waals surface area contributed by atoms with Crippen LogP contribution in [0.4, 0.5) is 5.82 Å². The third kappa shape index (κ3) is 3.09. The van der Waals surface area contributed by atoms with Crippen molar-refractivity contribution >= 4 is 33.3 Å². The van der Waals surface area contributed by atoms with Crippen LogP contribution in [-0.2, 0) is 0 Å². The first-order chi connectivity index (χ1) is 8.08. The van der Waals surface area contributed by atoms with Gasteiger partial charge in [-0.15, -0.1) is 0 Å². The van der Waals surface area contributed by atoms with Crippen LogP contribution in [0.1, 0.15) is 13.3 Å². The number of aromatic nitrogens is 2. The van der Waals surface area contributed by atoms with Gasteiger partial charge in [0.25, 0.3) is 0 Å². The fraction of sp³-hybridized carbons (Fsp3) is 0.636. The van der Waals surface area contributed by atoms with E-state index in [0.29, 0.717) is 17.1 Å². The Morgan fingerprint density at radius 2 is 2.29 bits per heavy atom. The molecule has 1 saturated heterocycles. The number of nitrogens with zero attached hydrogens (tertiary/aromatic N) is 3. The lowest BCUT2D eigenvalue weighted by Gasteiger charge is -2.35. The molecule has 2 rings (SSSR count). The molecule has 2 unspecified atom stereocenters. The number of nitrogens with one attached hydrogen (secondary N) is 1. The van der Waals surface area contributed by atoms with Gasteiger partial charge in [-0.1, -0.05) is 18.5 Å². The van der Waals surface area contributed by atoms with E-state index in [9.17, 15) is 0 Å². The Morgan fingerprint density at radius 3 is 3.00 bits per heavy atom. The van der Waals surface area contributed by atoms with Crippen LogP contribution in [0, 0.1) is 5.92 Å². The summed E-state index contributed by atoms with van der Waals surface area (Å²) in [6, 6.07) is 0.438. The van der Waals surface area contributed by atoms with Crippen molar-refractivity contribution in [3.05, 3.63) is 16.0 Å². The summed E-state index contributed by atoms with van der Waals surface area (Å²) in [5.41, 5.74) is 0. The second-order valence-electron chi connectivity index (χ2n) is 4.61. The molecule has 4 nitrogen and oxygen atoms in total. The molecule has 2 atom stereocenters. The van der Waals surface area contributed by atoms with Crippen LogP contribution in [0.2, 0.25) is 5.15 Å². The molecule has 0 radical (unpaired) electrons. The summed E-state index contributed by atoms with van der Waals surface area (Å²) < 4.78 is 0.743. The molecule has 1 fully saturated rings. The lowest BCUT2D eigenvalue weighted by Crippen LogP contribution is -2.43. The molecule has 0 spiro atoms. The Balaban J connectivity index is 2.08. The molecule has 0 amide bonds. The minimum absolute atomic E-state index is 0.438. The lowest BCUT2D eigenvalue weighted by molar-refractivity contribution is 0.206. The summed E-state index contributed by atoms with van der Waals surface area (Å²) in [7, 11) is 2.16. The van der Waals surface area contributed by atoms with E-state index in [-0.39, 0.29) is 0 Å². The highest BCUT2D eigenvalue weighted by atomic mass is 79.9. The van der Waals surface area contributed by atoms with E-state index in [2.05, 4.69) is 50.1 Å². The Morgan fingerprint density at radius 1 is 1.53 bits per heavy atom. The molecule has 0 bridgehead atoms. The van der Waals surface area contributed by atoms with E-state index < -0.39 is 0 Å². The smallest absolute Gasteiger partial charge is 0.148 e. The molecule has 1 N–H and O–H groups in total. The number of anilines is 1. The van der Waals surface area contributed by atoms with Crippen molar-refractivity contribution in [1.29, 1.82) is 0 Å². The third-order valence-corrected chi connectivity index (χ3v) is 4.44. The summed E-state index contributed by atoms with van der Waals surface area (Å²) in [6.07, 6.45) is 2.60. The van der Waals surface area contributed by atoms with Crippen molar-refractivity contribution in [2.45, 2.75) is 19.4 Å². The molecular formula is C11H16BrClN4. The van der Waals surface area contributed by atoms with Crippen molar-refractivity contribution < 1.29 is 0 Å². The molecule has 0 aliphatic carbocycles. The van der Waals surface area contributed by atoms with Gasteiger partial charge < -0.3 is 10.2 Å². The van der Waals surface area contributed by atoms with Gasteiger partial charge in [-0.3, -0.25) is 0 Å². The first kappa shape index (κ1) is 13.1. The summed E-state index contributed by atoms with van der Waals surface area (Å²) in [5.74, 6) is 1.38. The topological polar surface area (TPSA) is 41.0 Å². The molecular weight excluding hydrogens is 304 g/mol. The average Bonchev–Trinajstić information content (AvgIpc) is 2.28. The highest BCUT2D eigenvalue weighted by molar-refractivity contribution is 9.10. The number of piperidine rings is 1. The predicted octanol–water partition coefficient (Wildman–Crippen LogP) is 2.64. The van der Waals surface area contributed by atoms with E-state index in [0.717, 1.165) is 29.8 Å². The molecule has 0 aromatic carbocycles. The van der Waals surface area contributed by atoms with E-state index in [1.54, 1.807) is 0 Å². The molecule has 0 saturated carbocycles. The van der Waals surface area contributed by atoms with Gasteiger partial charge in [0.05, 0.1) is 4.47 Å². The van der Waals surface area contributed by atoms with Crippen molar-refractivity contribution in [1.82, 2.24) is 14.9 Å². The van der Waals surface area contributed by atoms with Crippen molar-refractivity contribution in [3.8, 4) is 0 Å². The summed E-state index contributed by atoms with van der Waals surface area (Å²) >= 11 is 9.35. The fourth-order valence-corrected chi connectivity index (χ4v) is 2.65. The molecule has 1 aromatic rings. The Hall–Kier alpha value is -0.390. The van der Waals surface area contributed by atoms with E-state index >= 15 is 0 Å². The lowest BCUT2D eigenvalue weighted by atomic mass is 9.94. The van der Waals surface area contributed by atoms with E-state index in [1.807, 2.05) is 0 Å². The van der Waals surface area contributed by atoms with Crippen molar-refractivity contribution in [2.75, 3.05) is 25.5 Å². The quantitative estimate of drug-likeness (QED) is 0.851. The van der Waals surface area contributed by atoms with Gasteiger partial charge >= 0.3 is 0 Å². The minimum Gasteiger partial charge on any atom is -0.366 e. The maximum absolute atomic E-state index is 5.94. The van der Waals surface area contributed by atoms with Crippen LogP contribution >= 0.6 is 27.5 Å². The molecule has 6 heteroatoms. The second kappa shape index (κ2) is 5.50. The Kier molecular flexibility index (Phi) is 4.22. The SMILES string of the molecule is CC1CN(C)CCC1Nc1ncnc(Cl)c1Br. The normalized spacial score (nSPS) is 25.9. The zero-order valence-corrected chi connectivity index (χ0v) is 12.3. The maximum atomic E-state index is 5.94. The van der Waals surface area contributed by atoms with Gasteiger partial charge in [-0.25, -0.2) is 9.97 Å². The Labute approximate surface area is 115 Å². The minimum atomic E-state index is 0.438. The number of halogens is 2. The van der Waals surface area contributed by atoms with E-state index in [4.69, 9.17) is 11.6 Å². The molecule has 1 aliphatic heterocycles. The van der Waals surface area contributed by atoms with Crippen LogP contribution in [0.15, 0.2) is 10.8 Å². The van der Waals surface area contributed by atoms with Crippen LogP contribution in [0.25, 0.3) is 0 Å². The van der Waals surface area contributed by atoms with Gasteiger partial charge in [0.15, 0.2) is 0 Å². The van der Waals surface area contributed by atoms with Crippen molar-refractivity contribution in [2.24, 2.45) is 5.92 Å². The van der Waals surface area contributed by atoms with Crippen LogP contribution < -0.4 is 5.32 Å². The molecule has 1 aliphatic rings. The molecule has 94 valence electrons. The molecule has 1 aromatic heterocycles. The first-order valence-electron chi connectivity index (χ1n) is 5.69. The van der Waals surface area contributed by atoms with Gasteiger partial charge in [0.2, 0.25) is 0 Å². The van der Waals surface area contributed by atoms with E-state index in [1.165, 1.54) is 6.33 Å². The maximum Gasteiger partial charge on any atom is 0.148 e. The van der Waals surface area contributed by atoms with Gasteiger partial charge in [-0.05, 0) is 41.9 Å². The van der Waals surface area contributed by atoms with Gasteiger partial charge in [0, 0.05) is 12.6 Å². The monoisotopic (exact) mass is 318 g/mol. The van der Waals surface area contributed by atoms with Crippen LogP contribution in [0.3, 0.4) is 0 Å². The molecule has 2 heterocycles. The average molecular weight is 320 g/mol. The van der Waals surface area contributed by atoms with Crippen LogP contribution in [0.5, 0.6) is 0 Å². The number of rotatable bonds is 2. The number of likely N-dealkylation sites (tertiary alicyclic amines) is 1. The summed E-state index contributed by atoms with van der Waals surface area (Å²) in [5, 5.41) is 3.90. The standard InChI is InChI=1S/C11H16BrClN4/c1-7-5-17(2)4-3-8(7)16-11-9(12)10(13)14-6-15-11/h6-8H,3-5H2,1-2H3,(H,14,15,16). The molecule has 17 heavy (non-hydrogen) atoms. The number of hydrogen-bond acceptors (Lipinski definition) is 4. The highest BCUT2D eigenvalue weighted by Crippen LogP contribution is 2.28. The van der Waals surface area contributed by atoms with Crippen molar-refractivity contribution in [3.63, 3.8) is 0 Å². The zero-order valence-electron chi connectivity index (χ0n) is 9.95. The first-order valence-corrected chi connectivity index (χ1v) is 6.86. The van der Waals surface area contributed by atoms with Gasteiger partial charge in [-0.2, -0.15) is 0 Å². The predicted molar refractivity (Wildman–Crippen MR) is 73.4 cm³/mol. The summed E-state index contributed by atoms with van der Waals surface area (Å²) in [4.78, 5) is 10.5.